The SMILES string of the molecule is NC(=O)C1CCN(C(=O)Cc2csc(-c3ccc(Cl)cc3)n2)CC1. The molecule has 0 radical (unpaired) electrons. The zero-order valence-corrected chi connectivity index (χ0v) is 14.6. The van der Waals surface area contributed by atoms with Crippen LogP contribution >= 0.6 is 22.9 Å². The second-order valence-electron chi connectivity index (χ2n) is 5.89. The third kappa shape index (κ3) is 3.94. The van der Waals surface area contributed by atoms with Crippen molar-refractivity contribution in [3.8, 4) is 10.6 Å². The summed E-state index contributed by atoms with van der Waals surface area (Å²) < 4.78 is 0. The molecule has 1 saturated heterocycles. The van der Waals surface area contributed by atoms with E-state index in [9.17, 15) is 9.59 Å². The van der Waals surface area contributed by atoms with Crippen molar-refractivity contribution >= 4 is 34.8 Å². The Morgan fingerprint density at radius 1 is 1.25 bits per heavy atom. The standard InChI is InChI=1S/C17H18ClN3O2S/c18-13-3-1-12(2-4-13)17-20-14(10-24-17)9-15(22)21-7-5-11(6-8-21)16(19)23/h1-4,10-11H,5-9H2,(H2,19,23). The summed E-state index contributed by atoms with van der Waals surface area (Å²) in [5.41, 5.74) is 7.08. The van der Waals surface area contributed by atoms with Crippen LogP contribution < -0.4 is 5.73 Å². The molecule has 0 atom stereocenters. The maximum absolute atomic E-state index is 12.4. The summed E-state index contributed by atoms with van der Waals surface area (Å²) in [4.78, 5) is 29.9. The summed E-state index contributed by atoms with van der Waals surface area (Å²) in [6.07, 6.45) is 1.58. The van der Waals surface area contributed by atoms with Gasteiger partial charge in [-0.3, -0.25) is 9.59 Å². The lowest BCUT2D eigenvalue weighted by Crippen LogP contribution is -2.42. The third-order valence-corrected chi connectivity index (χ3v) is 5.42. The van der Waals surface area contributed by atoms with Crippen molar-refractivity contribution in [2.75, 3.05) is 13.1 Å². The van der Waals surface area contributed by atoms with Crippen molar-refractivity contribution in [2.24, 2.45) is 11.7 Å². The number of thiazole rings is 1. The van der Waals surface area contributed by atoms with E-state index in [1.807, 2.05) is 29.6 Å². The second-order valence-corrected chi connectivity index (χ2v) is 7.18. The van der Waals surface area contributed by atoms with Crippen LogP contribution in [0.15, 0.2) is 29.6 Å². The maximum Gasteiger partial charge on any atom is 0.228 e. The van der Waals surface area contributed by atoms with Crippen LogP contribution in [0.1, 0.15) is 18.5 Å². The summed E-state index contributed by atoms with van der Waals surface area (Å²) in [6, 6.07) is 7.49. The topological polar surface area (TPSA) is 76.3 Å². The van der Waals surface area contributed by atoms with Gasteiger partial charge in [0.1, 0.15) is 5.01 Å². The fraction of sp³-hybridized carbons (Fsp3) is 0.353. The van der Waals surface area contributed by atoms with E-state index in [2.05, 4.69) is 4.98 Å². The molecule has 1 aromatic carbocycles. The number of carbonyl (C=O) groups is 2. The molecule has 1 fully saturated rings. The Kier molecular flexibility index (Phi) is 5.16. The number of primary amides is 1. The lowest BCUT2D eigenvalue weighted by atomic mass is 9.96. The van der Waals surface area contributed by atoms with Crippen molar-refractivity contribution in [1.82, 2.24) is 9.88 Å². The minimum atomic E-state index is -0.269. The van der Waals surface area contributed by atoms with Gasteiger partial charge < -0.3 is 10.6 Å². The highest BCUT2D eigenvalue weighted by molar-refractivity contribution is 7.13. The molecule has 0 spiro atoms. The average molecular weight is 364 g/mol. The van der Waals surface area contributed by atoms with Gasteiger partial charge in [-0.1, -0.05) is 23.7 Å². The van der Waals surface area contributed by atoms with Gasteiger partial charge in [0.2, 0.25) is 11.8 Å². The number of benzene rings is 1. The number of hydrogen-bond acceptors (Lipinski definition) is 4. The molecule has 0 bridgehead atoms. The molecule has 2 amide bonds. The zero-order valence-electron chi connectivity index (χ0n) is 13.1. The Bertz CT molecular complexity index is 737. The van der Waals surface area contributed by atoms with Crippen molar-refractivity contribution < 1.29 is 9.59 Å². The minimum absolute atomic E-state index is 0.0471. The molecule has 1 aliphatic heterocycles. The highest BCUT2D eigenvalue weighted by atomic mass is 35.5. The monoisotopic (exact) mass is 363 g/mol. The summed E-state index contributed by atoms with van der Waals surface area (Å²) >= 11 is 7.41. The number of amides is 2. The quantitative estimate of drug-likeness (QED) is 0.907. The van der Waals surface area contributed by atoms with Gasteiger partial charge in [-0.05, 0) is 25.0 Å². The van der Waals surface area contributed by atoms with Gasteiger partial charge in [-0.25, -0.2) is 4.98 Å². The molecule has 24 heavy (non-hydrogen) atoms. The largest absolute Gasteiger partial charge is 0.369 e. The molecule has 7 heteroatoms. The van der Waals surface area contributed by atoms with E-state index in [0.29, 0.717) is 31.0 Å². The lowest BCUT2D eigenvalue weighted by molar-refractivity contribution is -0.134. The molecule has 0 unspecified atom stereocenters. The van der Waals surface area contributed by atoms with E-state index >= 15 is 0 Å². The van der Waals surface area contributed by atoms with E-state index in [1.165, 1.54) is 11.3 Å². The third-order valence-electron chi connectivity index (χ3n) is 4.23. The molecule has 0 saturated carbocycles. The van der Waals surface area contributed by atoms with Crippen molar-refractivity contribution in [3.63, 3.8) is 0 Å². The predicted octanol–water partition coefficient (Wildman–Crippen LogP) is 2.73. The van der Waals surface area contributed by atoms with Crippen LogP contribution in [0.3, 0.4) is 0 Å². The molecule has 126 valence electrons. The number of carbonyl (C=O) groups excluding carboxylic acids is 2. The first-order chi connectivity index (χ1) is 11.5. The van der Waals surface area contributed by atoms with Crippen LogP contribution in [-0.4, -0.2) is 34.8 Å². The molecule has 0 aliphatic carbocycles. The molecule has 2 N–H and O–H groups in total. The highest BCUT2D eigenvalue weighted by Gasteiger charge is 2.26. The van der Waals surface area contributed by atoms with Crippen molar-refractivity contribution in [1.29, 1.82) is 0 Å². The van der Waals surface area contributed by atoms with E-state index in [-0.39, 0.29) is 24.2 Å². The maximum atomic E-state index is 12.4. The second kappa shape index (κ2) is 7.32. The Balaban J connectivity index is 1.59. The van der Waals surface area contributed by atoms with Gasteiger partial charge in [0.15, 0.2) is 0 Å². The highest BCUT2D eigenvalue weighted by Crippen LogP contribution is 2.25. The van der Waals surface area contributed by atoms with Gasteiger partial charge in [-0.15, -0.1) is 11.3 Å². The minimum Gasteiger partial charge on any atom is -0.369 e. The zero-order chi connectivity index (χ0) is 17.1. The number of likely N-dealkylation sites (tertiary alicyclic amines) is 1. The normalized spacial score (nSPS) is 15.5. The number of nitrogens with two attached hydrogens (primary N) is 1. The molecule has 2 aromatic rings. The number of aromatic nitrogens is 1. The van der Waals surface area contributed by atoms with Gasteiger partial charge >= 0.3 is 0 Å². The number of piperidine rings is 1. The first-order valence-electron chi connectivity index (χ1n) is 7.80. The van der Waals surface area contributed by atoms with Crippen molar-refractivity contribution in [3.05, 3.63) is 40.4 Å². The first kappa shape index (κ1) is 16.9. The average Bonchev–Trinajstić information content (AvgIpc) is 3.04. The fourth-order valence-corrected chi connectivity index (χ4v) is 3.75. The number of rotatable bonds is 4. The van der Waals surface area contributed by atoms with Gasteiger partial charge in [-0.2, -0.15) is 0 Å². The number of hydrogen-bond donors (Lipinski definition) is 1. The molecule has 2 heterocycles. The number of nitrogens with zero attached hydrogens (tertiary/aromatic N) is 2. The van der Waals surface area contributed by atoms with Crippen molar-refractivity contribution in [2.45, 2.75) is 19.3 Å². The molecule has 1 aliphatic rings. The summed E-state index contributed by atoms with van der Waals surface area (Å²) in [5.74, 6) is -0.329. The smallest absolute Gasteiger partial charge is 0.228 e. The van der Waals surface area contributed by atoms with Crippen LogP contribution in [0.2, 0.25) is 5.02 Å². The van der Waals surface area contributed by atoms with E-state index in [4.69, 9.17) is 17.3 Å². The Morgan fingerprint density at radius 2 is 1.92 bits per heavy atom. The first-order valence-corrected chi connectivity index (χ1v) is 9.06. The Morgan fingerprint density at radius 3 is 2.54 bits per heavy atom. The van der Waals surface area contributed by atoms with Crippen LogP contribution in [0.25, 0.3) is 10.6 Å². The summed E-state index contributed by atoms with van der Waals surface area (Å²) in [5, 5.41) is 3.48. The van der Waals surface area contributed by atoms with Gasteiger partial charge in [0.05, 0.1) is 12.1 Å². The van der Waals surface area contributed by atoms with Gasteiger partial charge in [0.25, 0.3) is 0 Å². The molecule has 5 nitrogen and oxygen atoms in total. The Labute approximate surface area is 149 Å². The Hall–Kier alpha value is -1.92. The van der Waals surface area contributed by atoms with Crippen LogP contribution in [0.4, 0.5) is 0 Å². The molecule has 3 rings (SSSR count). The van der Waals surface area contributed by atoms with Crippen LogP contribution in [0, 0.1) is 5.92 Å². The van der Waals surface area contributed by atoms with Crippen LogP contribution in [0.5, 0.6) is 0 Å². The van der Waals surface area contributed by atoms with Gasteiger partial charge in [0, 0.05) is 35.0 Å². The molecule has 1 aromatic heterocycles. The number of halogens is 1. The molecular formula is C17H18ClN3O2S. The van der Waals surface area contributed by atoms with Crippen LogP contribution in [-0.2, 0) is 16.0 Å². The fourth-order valence-electron chi connectivity index (χ4n) is 2.79. The predicted molar refractivity (Wildman–Crippen MR) is 94.8 cm³/mol. The van der Waals surface area contributed by atoms with E-state index in [1.54, 1.807) is 4.90 Å². The van der Waals surface area contributed by atoms with E-state index < -0.39 is 0 Å². The summed E-state index contributed by atoms with van der Waals surface area (Å²) in [7, 11) is 0. The van der Waals surface area contributed by atoms with E-state index in [0.717, 1.165) is 16.3 Å². The molecular weight excluding hydrogens is 346 g/mol. The summed E-state index contributed by atoms with van der Waals surface area (Å²) in [6.45, 7) is 1.17. The lowest BCUT2D eigenvalue weighted by Gasteiger charge is -2.30.